The number of benzene rings is 1. The third-order valence-electron chi connectivity index (χ3n) is 10.3. The Labute approximate surface area is 353 Å². The van der Waals surface area contributed by atoms with Gasteiger partial charge in [0.15, 0.2) is 0 Å². The summed E-state index contributed by atoms with van der Waals surface area (Å²) in [5.74, 6) is -4.36. The van der Waals surface area contributed by atoms with Crippen molar-refractivity contribution in [1.29, 1.82) is 0 Å². The zero-order chi connectivity index (χ0) is 44.3. The molecule has 0 aliphatic heterocycles. The molecule has 0 fully saturated rings. The van der Waals surface area contributed by atoms with E-state index in [1.165, 1.54) is 0 Å². The number of unbranched alkanes of at least 4 members (excludes halogenated alkanes) is 5. The van der Waals surface area contributed by atoms with Gasteiger partial charge in [-0.15, -0.1) is 0 Å². The van der Waals surface area contributed by atoms with E-state index in [4.69, 9.17) is 34.4 Å². The number of nitrogens with one attached hydrogen (secondary N) is 6. The van der Waals surface area contributed by atoms with E-state index in [1.54, 1.807) is 6.20 Å². The average molecular weight is 845 g/mol. The molecule has 1 aromatic heterocycles. The molecule has 19 nitrogen and oxygen atoms in total. The van der Waals surface area contributed by atoms with Gasteiger partial charge in [-0.05, 0) is 134 Å². The molecule has 0 radical (unpaired) electrons. The monoisotopic (exact) mass is 845 g/mol. The van der Waals surface area contributed by atoms with Crippen molar-refractivity contribution >= 4 is 46.4 Å². The summed E-state index contributed by atoms with van der Waals surface area (Å²) in [5, 5.41) is 24.6. The highest BCUT2D eigenvalue weighted by Gasteiger charge is 2.33. The van der Waals surface area contributed by atoms with Crippen LogP contribution in [0.3, 0.4) is 0 Å². The van der Waals surface area contributed by atoms with Gasteiger partial charge >= 0.3 is 5.97 Å². The first-order valence-corrected chi connectivity index (χ1v) is 21.5. The molecular weight excluding hydrogens is 773 g/mol. The van der Waals surface area contributed by atoms with E-state index < -0.39 is 71.8 Å². The summed E-state index contributed by atoms with van der Waals surface area (Å²) in [6.07, 6.45) is 8.35. The van der Waals surface area contributed by atoms with Crippen molar-refractivity contribution in [1.82, 2.24) is 31.6 Å². The lowest BCUT2D eigenvalue weighted by Crippen LogP contribution is -2.59. The van der Waals surface area contributed by atoms with Gasteiger partial charge in [0.25, 0.3) is 0 Å². The van der Waals surface area contributed by atoms with Gasteiger partial charge in [-0.3, -0.25) is 24.0 Å². The minimum Gasteiger partial charge on any atom is -0.480 e. The largest absolute Gasteiger partial charge is 0.480 e. The summed E-state index contributed by atoms with van der Waals surface area (Å²) >= 11 is 0. The summed E-state index contributed by atoms with van der Waals surface area (Å²) in [6, 6.07) is 0.842. The van der Waals surface area contributed by atoms with E-state index in [9.17, 15) is 33.9 Å². The van der Waals surface area contributed by atoms with Gasteiger partial charge in [0.05, 0.1) is 6.04 Å². The number of fused-ring (bicyclic) bond motifs is 1. The molecule has 0 unspecified atom stereocenters. The molecule has 19 heteroatoms. The molecule has 0 aliphatic rings. The van der Waals surface area contributed by atoms with E-state index in [0.29, 0.717) is 109 Å². The Hall–Kier alpha value is -4.66. The molecule has 0 saturated carbocycles. The van der Waals surface area contributed by atoms with Crippen molar-refractivity contribution in [3.63, 3.8) is 0 Å². The van der Waals surface area contributed by atoms with Crippen LogP contribution in [0, 0.1) is 0 Å². The smallest absolute Gasteiger partial charge is 0.326 e. The Bertz CT molecular complexity index is 1610. The molecule has 6 atom stereocenters. The van der Waals surface area contributed by atoms with Crippen molar-refractivity contribution < 1.29 is 33.9 Å². The summed E-state index contributed by atoms with van der Waals surface area (Å²) in [5.41, 5.74) is 36.1. The number of amides is 5. The molecule has 0 spiro atoms. The zero-order valence-electron chi connectivity index (χ0n) is 35.1. The number of aromatic nitrogens is 1. The van der Waals surface area contributed by atoms with Crippen LogP contribution in [0.2, 0.25) is 0 Å². The van der Waals surface area contributed by atoms with Gasteiger partial charge in [0.1, 0.15) is 30.2 Å². The first-order valence-electron chi connectivity index (χ1n) is 21.5. The lowest BCUT2D eigenvalue weighted by Gasteiger charge is -2.27. The van der Waals surface area contributed by atoms with Crippen LogP contribution in [0.4, 0.5) is 0 Å². The maximum absolute atomic E-state index is 14.0. The number of para-hydroxylation sites is 1. The summed E-state index contributed by atoms with van der Waals surface area (Å²) in [7, 11) is 0. The van der Waals surface area contributed by atoms with Crippen molar-refractivity contribution in [2.75, 3.05) is 32.7 Å². The minimum atomic E-state index is -1.31. The van der Waals surface area contributed by atoms with Crippen LogP contribution < -0.4 is 61.0 Å². The second kappa shape index (κ2) is 29.5. The number of hydrogen-bond acceptors (Lipinski definition) is 12. The SMILES string of the molecule is NCCCC[C@H](NC(=O)[C@H](CCCCN)NC(=O)[C@H](CCCCN)NC(=O)[C@H](CCCCN)NC(=O)[C@@H](N)CCCCN)C(=O)N[C@@H](Cc1c[nH]c2ccccc12)C(=O)O. The lowest BCUT2D eigenvalue weighted by atomic mass is 10.0. The van der Waals surface area contributed by atoms with Crippen LogP contribution >= 0.6 is 0 Å². The highest BCUT2D eigenvalue weighted by Crippen LogP contribution is 2.19. The number of aromatic amines is 1. The third-order valence-corrected chi connectivity index (χ3v) is 10.3. The molecular formula is C41H72N12O7. The van der Waals surface area contributed by atoms with E-state index in [-0.39, 0.29) is 32.1 Å². The number of carboxylic acids is 1. The fourth-order valence-electron chi connectivity index (χ4n) is 6.77. The molecule has 2 rings (SSSR count). The van der Waals surface area contributed by atoms with Gasteiger partial charge in [-0.2, -0.15) is 0 Å². The van der Waals surface area contributed by atoms with Crippen molar-refractivity contribution in [2.45, 2.75) is 139 Å². The standard InChI is InChI=1S/C41H72N12O7/c42-20-8-3-14-29(47)36(54)49-31(16-4-9-21-43)37(55)50-32(17-5-10-22-44)38(56)51-33(18-6-11-23-45)39(57)52-34(19-7-12-24-46)40(58)53-35(41(59)60)25-27-26-48-30-15-2-1-13-28(27)30/h1-2,13,15,26,29,31-35,48H,3-12,14,16-25,42-47H2,(H,49,54)(H,50,55)(H,51,56)(H,52,57)(H,53,58)(H,59,60)/t29-,31-,32-,33-,34-,35-/m0/s1. The van der Waals surface area contributed by atoms with Crippen molar-refractivity contribution in [3.05, 3.63) is 36.0 Å². The Kier molecular flexibility index (Phi) is 25.3. The van der Waals surface area contributed by atoms with Crippen LogP contribution in [0.1, 0.15) is 102 Å². The summed E-state index contributed by atoms with van der Waals surface area (Å²) in [6.45, 7) is 1.89. The number of carbonyl (C=O) groups excluding carboxylic acids is 5. The van der Waals surface area contributed by atoms with Gasteiger partial charge in [0, 0.05) is 23.5 Å². The molecule has 338 valence electrons. The van der Waals surface area contributed by atoms with Crippen LogP contribution in [-0.4, -0.2) is 115 Å². The first-order chi connectivity index (χ1) is 28.9. The molecule has 1 heterocycles. The van der Waals surface area contributed by atoms with Gasteiger partial charge in [0.2, 0.25) is 29.5 Å². The Morgan fingerprint density at radius 1 is 0.500 bits per heavy atom. The zero-order valence-corrected chi connectivity index (χ0v) is 35.1. The highest BCUT2D eigenvalue weighted by atomic mass is 16.4. The molecule has 0 saturated heterocycles. The van der Waals surface area contributed by atoms with Gasteiger partial charge < -0.3 is 71.1 Å². The Morgan fingerprint density at radius 3 is 1.23 bits per heavy atom. The number of H-pyrrole nitrogens is 1. The summed E-state index contributed by atoms with van der Waals surface area (Å²) in [4.78, 5) is 84.1. The fourth-order valence-corrected chi connectivity index (χ4v) is 6.77. The van der Waals surface area contributed by atoms with E-state index in [2.05, 4.69) is 31.6 Å². The van der Waals surface area contributed by atoms with Crippen molar-refractivity contribution in [2.24, 2.45) is 34.4 Å². The topological polar surface area (TPSA) is 355 Å². The molecule has 2 aromatic rings. The van der Waals surface area contributed by atoms with Crippen LogP contribution in [0.25, 0.3) is 10.9 Å². The number of carboxylic acid groups (broad SMARTS) is 1. The quantitative estimate of drug-likeness (QED) is 0.0392. The second-order valence-electron chi connectivity index (χ2n) is 15.2. The van der Waals surface area contributed by atoms with Crippen LogP contribution in [0.15, 0.2) is 30.5 Å². The van der Waals surface area contributed by atoms with Crippen LogP contribution in [0.5, 0.6) is 0 Å². The lowest BCUT2D eigenvalue weighted by molar-refractivity contribution is -0.142. The molecule has 0 bridgehead atoms. The maximum atomic E-state index is 14.0. The predicted molar refractivity (Wildman–Crippen MR) is 232 cm³/mol. The first kappa shape index (κ1) is 51.5. The van der Waals surface area contributed by atoms with Gasteiger partial charge in [-0.25, -0.2) is 4.79 Å². The molecule has 19 N–H and O–H groups in total. The number of hydrogen-bond donors (Lipinski definition) is 13. The molecule has 60 heavy (non-hydrogen) atoms. The van der Waals surface area contributed by atoms with Crippen molar-refractivity contribution in [3.8, 4) is 0 Å². The van der Waals surface area contributed by atoms with E-state index in [0.717, 1.165) is 10.9 Å². The van der Waals surface area contributed by atoms with Gasteiger partial charge in [-0.1, -0.05) is 24.6 Å². The number of aliphatic carboxylic acids is 1. The number of nitrogens with two attached hydrogens (primary N) is 6. The Morgan fingerprint density at radius 2 is 0.850 bits per heavy atom. The average Bonchev–Trinajstić information content (AvgIpc) is 3.64. The number of rotatable bonds is 33. The normalized spacial score (nSPS) is 14.3. The second-order valence-corrected chi connectivity index (χ2v) is 15.2. The fraction of sp³-hybridized carbons (Fsp3) is 0.659. The molecule has 0 aliphatic carbocycles. The van der Waals surface area contributed by atoms with E-state index in [1.807, 2.05) is 24.3 Å². The number of carbonyl (C=O) groups is 6. The molecule has 1 aromatic carbocycles. The minimum absolute atomic E-state index is 0.0112. The third kappa shape index (κ3) is 18.7. The predicted octanol–water partition coefficient (Wildman–Crippen LogP) is -0.809. The highest BCUT2D eigenvalue weighted by molar-refractivity contribution is 5.96. The van der Waals surface area contributed by atoms with Crippen LogP contribution in [-0.2, 0) is 35.2 Å². The Balaban J connectivity index is 2.30. The molecule has 5 amide bonds. The maximum Gasteiger partial charge on any atom is 0.326 e. The summed E-state index contributed by atoms with van der Waals surface area (Å²) < 4.78 is 0. The van der Waals surface area contributed by atoms with E-state index >= 15 is 0 Å².